The standard InChI is InChI=1S/C19H28N2O3/c1-14-6-8-15(9-7-14)10-11-18(23)20-12-19(24)21(2)13-16-4-3-5-17(16)22/h6-9,16-17,22H,3-5,10-13H2,1-2H3,(H,20,23). The third kappa shape index (κ3) is 5.64. The van der Waals surface area contributed by atoms with Gasteiger partial charge in [-0.25, -0.2) is 0 Å². The molecule has 5 nitrogen and oxygen atoms in total. The normalized spacial score (nSPS) is 20.0. The van der Waals surface area contributed by atoms with Crippen molar-refractivity contribution >= 4 is 11.8 Å². The van der Waals surface area contributed by atoms with Crippen molar-refractivity contribution in [3.05, 3.63) is 35.4 Å². The average Bonchev–Trinajstić information content (AvgIpc) is 2.97. The van der Waals surface area contributed by atoms with Crippen molar-refractivity contribution in [3.8, 4) is 0 Å². The van der Waals surface area contributed by atoms with Crippen molar-refractivity contribution < 1.29 is 14.7 Å². The van der Waals surface area contributed by atoms with Gasteiger partial charge in [-0.05, 0) is 31.7 Å². The van der Waals surface area contributed by atoms with E-state index < -0.39 is 0 Å². The lowest BCUT2D eigenvalue weighted by atomic mass is 10.1. The van der Waals surface area contributed by atoms with Gasteiger partial charge < -0.3 is 15.3 Å². The number of hydrogen-bond donors (Lipinski definition) is 2. The molecular formula is C19H28N2O3. The van der Waals surface area contributed by atoms with Crippen molar-refractivity contribution in [2.24, 2.45) is 5.92 Å². The molecule has 2 atom stereocenters. The Balaban J connectivity index is 1.66. The Morgan fingerprint density at radius 2 is 1.96 bits per heavy atom. The molecule has 0 saturated heterocycles. The Morgan fingerprint density at radius 3 is 2.58 bits per heavy atom. The second-order valence-electron chi connectivity index (χ2n) is 6.79. The van der Waals surface area contributed by atoms with E-state index in [0.717, 1.165) is 24.8 Å². The van der Waals surface area contributed by atoms with Crippen LogP contribution in [-0.4, -0.2) is 48.1 Å². The molecule has 2 rings (SSSR count). The van der Waals surface area contributed by atoms with Crippen LogP contribution >= 0.6 is 0 Å². The fraction of sp³-hybridized carbons (Fsp3) is 0.579. The van der Waals surface area contributed by atoms with Crippen LogP contribution in [0, 0.1) is 12.8 Å². The summed E-state index contributed by atoms with van der Waals surface area (Å²) in [5.74, 6) is -0.0628. The van der Waals surface area contributed by atoms with E-state index in [0.29, 0.717) is 19.4 Å². The highest BCUT2D eigenvalue weighted by Gasteiger charge is 2.27. The van der Waals surface area contributed by atoms with Gasteiger partial charge in [-0.15, -0.1) is 0 Å². The molecule has 0 aromatic heterocycles. The van der Waals surface area contributed by atoms with Crippen molar-refractivity contribution in [1.82, 2.24) is 10.2 Å². The van der Waals surface area contributed by atoms with Crippen molar-refractivity contribution in [2.45, 2.75) is 45.1 Å². The molecule has 1 aromatic carbocycles. The Morgan fingerprint density at radius 1 is 1.25 bits per heavy atom. The minimum atomic E-state index is -0.302. The average molecular weight is 332 g/mol. The van der Waals surface area contributed by atoms with Crippen LogP contribution in [0.2, 0.25) is 0 Å². The molecule has 24 heavy (non-hydrogen) atoms. The van der Waals surface area contributed by atoms with E-state index >= 15 is 0 Å². The first-order valence-electron chi connectivity index (χ1n) is 8.70. The van der Waals surface area contributed by atoms with Gasteiger partial charge in [0, 0.05) is 25.9 Å². The van der Waals surface area contributed by atoms with Crippen molar-refractivity contribution in [1.29, 1.82) is 0 Å². The maximum absolute atomic E-state index is 12.1. The molecule has 0 heterocycles. The number of carbonyl (C=O) groups excluding carboxylic acids is 2. The van der Waals surface area contributed by atoms with Crippen LogP contribution in [0.15, 0.2) is 24.3 Å². The largest absolute Gasteiger partial charge is 0.393 e. The van der Waals surface area contributed by atoms with E-state index in [9.17, 15) is 14.7 Å². The second kappa shape index (κ2) is 8.83. The van der Waals surface area contributed by atoms with Gasteiger partial charge in [-0.2, -0.15) is 0 Å². The van der Waals surface area contributed by atoms with Crippen LogP contribution in [0.5, 0.6) is 0 Å². The summed E-state index contributed by atoms with van der Waals surface area (Å²) in [7, 11) is 1.73. The summed E-state index contributed by atoms with van der Waals surface area (Å²) in [6, 6.07) is 8.11. The number of benzene rings is 1. The first-order valence-corrected chi connectivity index (χ1v) is 8.70. The monoisotopic (exact) mass is 332 g/mol. The van der Waals surface area contributed by atoms with Crippen molar-refractivity contribution in [3.63, 3.8) is 0 Å². The number of amides is 2. The molecule has 132 valence electrons. The molecule has 0 spiro atoms. The van der Waals surface area contributed by atoms with E-state index in [1.165, 1.54) is 5.56 Å². The highest BCUT2D eigenvalue weighted by Crippen LogP contribution is 2.25. The molecule has 2 unspecified atom stereocenters. The van der Waals surface area contributed by atoms with Gasteiger partial charge in [-0.1, -0.05) is 36.2 Å². The quantitative estimate of drug-likeness (QED) is 0.798. The topological polar surface area (TPSA) is 69.6 Å². The maximum Gasteiger partial charge on any atom is 0.241 e. The number of nitrogens with one attached hydrogen (secondary N) is 1. The van der Waals surface area contributed by atoms with Crippen LogP contribution < -0.4 is 5.32 Å². The molecule has 5 heteroatoms. The summed E-state index contributed by atoms with van der Waals surface area (Å²) in [4.78, 5) is 25.6. The van der Waals surface area contributed by atoms with Gasteiger partial charge in [0.25, 0.3) is 0 Å². The third-order valence-electron chi connectivity index (χ3n) is 4.75. The zero-order valence-electron chi connectivity index (χ0n) is 14.6. The predicted octanol–water partition coefficient (Wildman–Crippen LogP) is 1.66. The van der Waals surface area contributed by atoms with Gasteiger partial charge in [0.2, 0.25) is 11.8 Å². The molecule has 0 bridgehead atoms. The predicted molar refractivity (Wildman–Crippen MR) is 93.5 cm³/mol. The molecule has 0 radical (unpaired) electrons. The summed E-state index contributed by atoms with van der Waals surface area (Å²) in [6.45, 7) is 2.61. The van der Waals surface area contributed by atoms with E-state index in [-0.39, 0.29) is 30.4 Å². The van der Waals surface area contributed by atoms with Gasteiger partial charge in [0.1, 0.15) is 0 Å². The zero-order chi connectivity index (χ0) is 17.5. The number of nitrogens with zero attached hydrogens (tertiary/aromatic N) is 1. The molecule has 1 aliphatic carbocycles. The minimum Gasteiger partial charge on any atom is -0.393 e. The lowest BCUT2D eigenvalue weighted by Crippen LogP contribution is -2.41. The smallest absolute Gasteiger partial charge is 0.241 e. The SMILES string of the molecule is Cc1ccc(CCC(=O)NCC(=O)N(C)CC2CCCC2O)cc1. The lowest BCUT2D eigenvalue weighted by Gasteiger charge is -2.23. The third-order valence-corrected chi connectivity index (χ3v) is 4.75. The summed E-state index contributed by atoms with van der Waals surface area (Å²) in [6.07, 6.45) is 3.55. The maximum atomic E-state index is 12.1. The molecule has 1 aliphatic rings. The number of carbonyl (C=O) groups is 2. The van der Waals surface area contributed by atoms with Gasteiger partial charge in [0.15, 0.2) is 0 Å². The van der Waals surface area contributed by atoms with Gasteiger partial charge in [-0.3, -0.25) is 9.59 Å². The highest BCUT2D eigenvalue weighted by molar-refractivity contribution is 5.84. The highest BCUT2D eigenvalue weighted by atomic mass is 16.3. The number of likely N-dealkylation sites (N-methyl/N-ethyl adjacent to an activating group) is 1. The lowest BCUT2D eigenvalue weighted by molar-refractivity contribution is -0.132. The van der Waals surface area contributed by atoms with Crippen LogP contribution in [0.25, 0.3) is 0 Å². The minimum absolute atomic E-state index is 0.0199. The number of rotatable bonds is 7. The molecular weight excluding hydrogens is 304 g/mol. The Kier molecular flexibility index (Phi) is 6.79. The zero-order valence-corrected chi connectivity index (χ0v) is 14.6. The van der Waals surface area contributed by atoms with Crippen LogP contribution in [-0.2, 0) is 16.0 Å². The van der Waals surface area contributed by atoms with Crippen LogP contribution in [0.4, 0.5) is 0 Å². The fourth-order valence-electron chi connectivity index (χ4n) is 3.09. The summed E-state index contributed by atoms with van der Waals surface area (Å²) >= 11 is 0. The number of hydrogen-bond acceptors (Lipinski definition) is 3. The number of aliphatic hydroxyl groups is 1. The summed E-state index contributed by atoms with van der Waals surface area (Å²) in [5.41, 5.74) is 2.32. The number of aliphatic hydroxyl groups excluding tert-OH is 1. The van der Waals surface area contributed by atoms with Crippen LogP contribution in [0.1, 0.15) is 36.8 Å². The van der Waals surface area contributed by atoms with Crippen LogP contribution in [0.3, 0.4) is 0 Å². The Labute approximate surface area is 144 Å². The molecule has 1 fully saturated rings. The Bertz CT molecular complexity index is 556. The fourth-order valence-corrected chi connectivity index (χ4v) is 3.09. The number of aryl methyl sites for hydroxylation is 2. The summed E-state index contributed by atoms with van der Waals surface area (Å²) < 4.78 is 0. The summed E-state index contributed by atoms with van der Waals surface area (Å²) in [5, 5.41) is 12.5. The molecule has 1 saturated carbocycles. The van der Waals surface area contributed by atoms with Gasteiger partial charge in [0.05, 0.1) is 12.6 Å². The van der Waals surface area contributed by atoms with E-state index in [4.69, 9.17) is 0 Å². The molecule has 0 aliphatic heterocycles. The Hall–Kier alpha value is -1.88. The van der Waals surface area contributed by atoms with E-state index in [1.54, 1.807) is 11.9 Å². The first kappa shape index (κ1) is 18.5. The van der Waals surface area contributed by atoms with Gasteiger partial charge >= 0.3 is 0 Å². The first-order chi connectivity index (χ1) is 11.5. The van der Waals surface area contributed by atoms with E-state index in [1.807, 2.05) is 31.2 Å². The second-order valence-corrected chi connectivity index (χ2v) is 6.79. The van der Waals surface area contributed by atoms with E-state index in [2.05, 4.69) is 5.32 Å². The van der Waals surface area contributed by atoms with Crippen molar-refractivity contribution in [2.75, 3.05) is 20.1 Å². The molecule has 2 amide bonds. The molecule has 2 N–H and O–H groups in total. The molecule has 1 aromatic rings.